The zero-order valence-electron chi connectivity index (χ0n) is 13.7. The zero-order valence-corrected chi connectivity index (χ0v) is 13.7. The molecule has 0 saturated heterocycles. The average Bonchev–Trinajstić information content (AvgIpc) is 3.07. The molecule has 0 spiro atoms. The Morgan fingerprint density at radius 2 is 1.96 bits per heavy atom. The summed E-state index contributed by atoms with van der Waals surface area (Å²) in [5.41, 5.74) is 1.91. The third-order valence-corrected chi connectivity index (χ3v) is 4.12. The maximum absolute atomic E-state index is 12.1. The summed E-state index contributed by atoms with van der Waals surface area (Å²) in [6, 6.07) is 15.4. The molecule has 2 heterocycles. The third-order valence-electron chi connectivity index (χ3n) is 4.12. The highest BCUT2D eigenvalue weighted by Crippen LogP contribution is 2.30. The van der Waals surface area contributed by atoms with Crippen molar-refractivity contribution in [3.8, 4) is 11.5 Å². The molecule has 2 N–H and O–H groups in total. The monoisotopic (exact) mass is 337 g/mol. The van der Waals surface area contributed by atoms with Crippen LogP contribution in [0.1, 0.15) is 12.2 Å². The summed E-state index contributed by atoms with van der Waals surface area (Å²) in [7, 11) is 0. The van der Waals surface area contributed by atoms with Crippen LogP contribution in [0, 0.1) is 0 Å². The van der Waals surface area contributed by atoms with Gasteiger partial charge in [-0.2, -0.15) is 0 Å². The Bertz CT molecular complexity index is 857. The summed E-state index contributed by atoms with van der Waals surface area (Å²) in [5.74, 6) is 2.26. The number of aryl methyl sites for hydroxylation is 1. The van der Waals surface area contributed by atoms with E-state index in [9.17, 15) is 4.79 Å². The smallest absolute Gasteiger partial charge is 0.220 e. The number of fused-ring (bicyclic) bond motifs is 2. The lowest BCUT2D eigenvalue weighted by Gasteiger charge is -2.26. The second-order valence-electron chi connectivity index (χ2n) is 6.00. The van der Waals surface area contributed by atoms with Crippen LogP contribution in [-0.4, -0.2) is 35.1 Å². The average molecular weight is 337 g/mol. The highest BCUT2D eigenvalue weighted by atomic mass is 16.6. The van der Waals surface area contributed by atoms with Gasteiger partial charge in [-0.1, -0.05) is 24.3 Å². The van der Waals surface area contributed by atoms with Gasteiger partial charge in [0.05, 0.1) is 17.6 Å². The predicted molar refractivity (Wildman–Crippen MR) is 93.8 cm³/mol. The van der Waals surface area contributed by atoms with Crippen molar-refractivity contribution in [2.75, 3.05) is 13.2 Å². The molecule has 1 amide bonds. The minimum absolute atomic E-state index is 0.0251. The van der Waals surface area contributed by atoms with Gasteiger partial charge in [-0.15, -0.1) is 0 Å². The number of amides is 1. The first kappa shape index (κ1) is 15.5. The van der Waals surface area contributed by atoms with Crippen molar-refractivity contribution < 1.29 is 14.3 Å². The van der Waals surface area contributed by atoms with Gasteiger partial charge in [0.2, 0.25) is 5.91 Å². The molecule has 1 aromatic heterocycles. The molecule has 1 atom stereocenters. The van der Waals surface area contributed by atoms with E-state index in [1.165, 1.54) is 0 Å². The van der Waals surface area contributed by atoms with E-state index in [2.05, 4.69) is 15.3 Å². The van der Waals surface area contributed by atoms with E-state index in [4.69, 9.17) is 9.47 Å². The Morgan fingerprint density at radius 3 is 2.84 bits per heavy atom. The quantitative estimate of drug-likeness (QED) is 0.750. The van der Waals surface area contributed by atoms with Gasteiger partial charge >= 0.3 is 0 Å². The van der Waals surface area contributed by atoms with E-state index in [1.54, 1.807) is 0 Å². The van der Waals surface area contributed by atoms with Crippen LogP contribution in [0.5, 0.6) is 11.5 Å². The molecule has 25 heavy (non-hydrogen) atoms. The van der Waals surface area contributed by atoms with Crippen molar-refractivity contribution in [3.63, 3.8) is 0 Å². The minimum Gasteiger partial charge on any atom is -0.486 e. The molecule has 1 aliphatic heterocycles. The van der Waals surface area contributed by atoms with Crippen molar-refractivity contribution in [1.29, 1.82) is 0 Å². The van der Waals surface area contributed by atoms with Crippen LogP contribution < -0.4 is 14.8 Å². The largest absolute Gasteiger partial charge is 0.486 e. The van der Waals surface area contributed by atoms with Crippen molar-refractivity contribution in [2.45, 2.75) is 18.9 Å². The van der Waals surface area contributed by atoms with E-state index in [-0.39, 0.29) is 12.0 Å². The molecule has 6 heteroatoms. The molecule has 0 bridgehead atoms. The van der Waals surface area contributed by atoms with Gasteiger partial charge in [-0.3, -0.25) is 4.79 Å². The number of carbonyl (C=O) groups is 1. The number of aromatic nitrogens is 2. The number of rotatable bonds is 5. The highest BCUT2D eigenvalue weighted by Gasteiger charge is 2.21. The van der Waals surface area contributed by atoms with Crippen LogP contribution in [0.25, 0.3) is 11.0 Å². The molecule has 2 aromatic carbocycles. The van der Waals surface area contributed by atoms with Gasteiger partial charge in [0.25, 0.3) is 0 Å². The maximum atomic E-state index is 12.1. The third kappa shape index (κ3) is 3.57. The highest BCUT2D eigenvalue weighted by molar-refractivity contribution is 5.77. The predicted octanol–water partition coefficient (Wildman–Crippen LogP) is 2.45. The molecule has 1 unspecified atom stereocenters. The lowest BCUT2D eigenvalue weighted by molar-refractivity contribution is -0.121. The number of aromatic amines is 1. The first-order chi connectivity index (χ1) is 12.3. The van der Waals surface area contributed by atoms with E-state index < -0.39 is 0 Å². The molecule has 3 aromatic rings. The molecule has 0 saturated carbocycles. The molecule has 0 radical (unpaired) electrons. The number of H-pyrrole nitrogens is 1. The fourth-order valence-corrected chi connectivity index (χ4v) is 2.84. The molecule has 1 aliphatic rings. The van der Waals surface area contributed by atoms with Crippen molar-refractivity contribution in [3.05, 3.63) is 54.4 Å². The van der Waals surface area contributed by atoms with E-state index in [1.807, 2.05) is 48.5 Å². The SMILES string of the molecule is O=C(CCc1nc2ccccc2[nH]1)NCC1COc2ccccc2O1. The maximum Gasteiger partial charge on any atom is 0.220 e. The number of nitrogens with zero attached hydrogens (tertiary/aromatic N) is 1. The van der Waals surface area contributed by atoms with Crippen LogP contribution in [0.3, 0.4) is 0 Å². The van der Waals surface area contributed by atoms with Gasteiger partial charge in [0.1, 0.15) is 18.5 Å². The Balaban J connectivity index is 1.25. The first-order valence-electron chi connectivity index (χ1n) is 8.37. The van der Waals surface area contributed by atoms with Gasteiger partial charge < -0.3 is 19.8 Å². The van der Waals surface area contributed by atoms with Crippen molar-refractivity contribution in [2.24, 2.45) is 0 Å². The van der Waals surface area contributed by atoms with E-state index in [0.717, 1.165) is 28.4 Å². The van der Waals surface area contributed by atoms with Gasteiger partial charge in [-0.25, -0.2) is 4.98 Å². The summed E-state index contributed by atoms with van der Waals surface area (Å²) >= 11 is 0. The summed E-state index contributed by atoms with van der Waals surface area (Å²) < 4.78 is 11.5. The summed E-state index contributed by atoms with van der Waals surface area (Å²) in [5, 5.41) is 2.90. The minimum atomic E-state index is -0.176. The number of para-hydroxylation sites is 4. The summed E-state index contributed by atoms with van der Waals surface area (Å²) in [6.45, 7) is 0.855. The Hall–Kier alpha value is -3.02. The Morgan fingerprint density at radius 1 is 1.16 bits per heavy atom. The van der Waals surface area contributed by atoms with Gasteiger partial charge in [-0.05, 0) is 24.3 Å². The normalized spacial score (nSPS) is 15.9. The van der Waals surface area contributed by atoms with E-state index in [0.29, 0.717) is 26.0 Å². The number of hydrogen-bond acceptors (Lipinski definition) is 4. The summed E-state index contributed by atoms with van der Waals surface area (Å²) in [4.78, 5) is 19.8. The van der Waals surface area contributed by atoms with Crippen LogP contribution in [-0.2, 0) is 11.2 Å². The van der Waals surface area contributed by atoms with Crippen LogP contribution in [0.2, 0.25) is 0 Å². The summed E-state index contributed by atoms with van der Waals surface area (Å²) in [6.07, 6.45) is 0.778. The Labute approximate surface area is 145 Å². The molecule has 4 rings (SSSR count). The molecule has 0 aliphatic carbocycles. The van der Waals surface area contributed by atoms with Crippen LogP contribution in [0.4, 0.5) is 0 Å². The molecule has 0 fully saturated rings. The van der Waals surface area contributed by atoms with Gasteiger partial charge in [0, 0.05) is 12.8 Å². The number of carbonyl (C=O) groups excluding carboxylic acids is 1. The second kappa shape index (κ2) is 6.84. The number of nitrogens with one attached hydrogen (secondary N) is 2. The second-order valence-corrected chi connectivity index (χ2v) is 6.00. The van der Waals surface area contributed by atoms with Crippen molar-refractivity contribution >= 4 is 16.9 Å². The molecular formula is C19H19N3O3. The first-order valence-corrected chi connectivity index (χ1v) is 8.37. The lowest BCUT2D eigenvalue weighted by atomic mass is 10.2. The Kier molecular flexibility index (Phi) is 4.24. The zero-order chi connectivity index (χ0) is 17.1. The molecule has 6 nitrogen and oxygen atoms in total. The number of hydrogen-bond donors (Lipinski definition) is 2. The number of benzene rings is 2. The topological polar surface area (TPSA) is 76.2 Å². The fourth-order valence-electron chi connectivity index (χ4n) is 2.84. The number of ether oxygens (including phenoxy) is 2. The standard InChI is InChI=1S/C19H19N3O3/c23-19(10-9-18-21-14-5-1-2-6-15(14)22-18)20-11-13-12-24-16-7-3-4-8-17(16)25-13/h1-8,13H,9-12H2,(H,20,23)(H,21,22). The van der Waals surface area contributed by atoms with Crippen LogP contribution in [0.15, 0.2) is 48.5 Å². The molecule has 128 valence electrons. The van der Waals surface area contributed by atoms with Crippen molar-refractivity contribution in [1.82, 2.24) is 15.3 Å². The lowest BCUT2D eigenvalue weighted by Crippen LogP contribution is -2.40. The number of imidazole rings is 1. The van der Waals surface area contributed by atoms with Gasteiger partial charge in [0.15, 0.2) is 11.5 Å². The van der Waals surface area contributed by atoms with Crippen LogP contribution >= 0.6 is 0 Å². The fraction of sp³-hybridized carbons (Fsp3) is 0.263. The van der Waals surface area contributed by atoms with E-state index >= 15 is 0 Å². The molecular weight excluding hydrogens is 318 g/mol.